The Labute approximate surface area is 172 Å². The number of aromatic nitrogens is 2. The minimum Gasteiger partial charge on any atom is -0.355 e. The van der Waals surface area contributed by atoms with E-state index in [0.717, 1.165) is 19.0 Å². The SMILES string of the molecule is CC(CNC(=O)c1cc(NC(=O)c2cc([N+](=O)[O-])cn2C)cn1C)NC1=NCCN1. The molecular weight excluding hydrogens is 392 g/mol. The molecular formula is C18H24N8O4. The number of anilines is 1. The van der Waals surface area contributed by atoms with E-state index in [1.807, 2.05) is 6.92 Å². The highest BCUT2D eigenvalue weighted by molar-refractivity contribution is 6.04. The molecule has 1 aliphatic rings. The van der Waals surface area contributed by atoms with Gasteiger partial charge in [-0.25, -0.2) is 0 Å². The number of guanidine groups is 1. The van der Waals surface area contributed by atoms with Gasteiger partial charge in [-0.1, -0.05) is 0 Å². The monoisotopic (exact) mass is 416 g/mol. The van der Waals surface area contributed by atoms with Crippen LogP contribution in [-0.2, 0) is 14.1 Å². The number of carbonyl (C=O) groups excluding carboxylic acids is 2. The van der Waals surface area contributed by atoms with E-state index >= 15 is 0 Å². The first-order valence-electron chi connectivity index (χ1n) is 9.36. The van der Waals surface area contributed by atoms with Gasteiger partial charge in [-0.05, 0) is 13.0 Å². The average Bonchev–Trinajstić information content (AvgIpc) is 3.40. The van der Waals surface area contributed by atoms with Gasteiger partial charge in [0.05, 0.1) is 23.4 Å². The highest BCUT2D eigenvalue weighted by Gasteiger charge is 2.19. The maximum absolute atomic E-state index is 12.5. The van der Waals surface area contributed by atoms with Crippen LogP contribution in [0, 0.1) is 10.1 Å². The van der Waals surface area contributed by atoms with Crippen LogP contribution in [0.5, 0.6) is 0 Å². The molecule has 0 bridgehead atoms. The zero-order valence-corrected chi connectivity index (χ0v) is 16.9. The molecule has 0 spiro atoms. The highest BCUT2D eigenvalue weighted by atomic mass is 16.6. The normalized spacial score (nSPS) is 13.9. The maximum atomic E-state index is 12.5. The van der Waals surface area contributed by atoms with Crippen LogP contribution in [-0.4, -0.2) is 57.5 Å². The van der Waals surface area contributed by atoms with Crippen LogP contribution in [0.2, 0.25) is 0 Å². The van der Waals surface area contributed by atoms with Gasteiger partial charge in [0, 0.05) is 45.5 Å². The number of rotatable bonds is 7. The summed E-state index contributed by atoms with van der Waals surface area (Å²) in [5.41, 5.74) is 0.746. The number of aliphatic imine (C=N–C) groups is 1. The van der Waals surface area contributed by atoms with Crippen molar-refractivity contribution in [3.05, 3.63) is 46.0 Å². The van der Waals surface area contributed by atoms with E-state index in [9.17, 15) is 19.7 Å². The fourth-order valence-electron chi connectivity index (χ4n) is 3.04. The van der Waals surface area contributed by atoms with Crippen molar-refractivity contribution in [3.8, 4) is 0 Å². The molecule has 0 saturated heterocycles. The van der Waals surface area contributed by atoms with Crippen LogP contribution in [0.3, 0.4) is 0 Å². The van der Waals surface area contributed by atoms with Crippen molar-refractivity contribution in [2.75, 3.05) is 25.0 Å². The number of aryl methyl sites for hydroxylation is 2. The molecule has 0 saturated carbocycles. The second-order valence-electron chi connectivity index (χ2n) is 7.04. The van der Waals surface area contributed by atoms with Gasteiger partial charge in [0.25, 0.3) is 17.5 Å². The first-order valence-corrected chi connectivity index (χ1v) is 9.36. The largest absolute Gasteiger partial charge is 0.355 e. The minimum atomic E-state index is -0.563. The zero-order chi connectivity index (χ0) is 21.8. The molecule has 12 heteroatoms. The first kappa shape index (κ1) is 20.9. The molecule has 2 aromatic heterocycles. The van der Waals surface area contributed by atoms with Gasteiger partial charge >= 0.3 is 0 Å². The lowest BCUT2D eigenvalue weighted by Crippen LogP contribution is -2.45. The van der Waals surface area contributed by atoms with Crippen molar-refractivity contribution in [2.24, 2.45) is 19.1 Å². The van der Waals surface area contributed by atoms with Gasteiger partial charge in [0.15, 0.2) is 5.96 Å². The number of nitrogens with zero attached hydrogens (tertiary/aromatic N) is 4. The molecule has 0 radical (unpaired) electrons. The Bertz CT molecular complexity index is 1010. The first-order chi connectivity index (χ1) is 14.2. The lowest BCUT2D eigenvalue weighted by Gasteiger charge is -2.16. The summed E-state index contributed by atoms with van der Waals surface area (Å²) in [6.45, 7) is 3.85. The Hall–Kier alpha value is -3.83. The van der Waals surface area contributed by atoms with Gasteiger partial charge in [0.2, 0.25) is 0 Å². The van der Waals surface area contributed by atoms with E-state index in [-0.39, 0.29) is 23.3 Å². The third-order valence-corrected chi connectivity index (χ3v) is 4.56. The van der Waals surface area contributed by atoms with Crippen molar-refractivity contribution in [3.63, 3.8) is 0 Å². The molecule has 0 fully saturated rings. The van der Waals surface area contributed by atoms with Gasteiger partial charge < -0.3 is 30.4 Å². The second-order valence-corrected chi connectivity index (χ2v) is 7.04. The molecule has 4 N–H and O–H groups in total. The van der Waals surface area contributed by atoms with Gasteiger partial charge in [0.1, 0.15) is 11.4 Å². The summed E-state index contributed by atoms with van der Waals surface area (Å²) in [5.74, 6) is -0.0742. The summed E-state index contributed by atoms with van der Waals surface area (Å²) in [7, 11) is 3.24. The molecule has 12 nitrogen and oxygen atoms in total. The smallest absolute Gasteiger partial charge is 0.287 e. The van der Waals surface area contributed by atoms with E-state index < -0.39 is 10.8 Å². The Morgan fingerprint density at radius 3 is 2.57 bits per heavy atom. The van der Waals surface area contributed by atoms with Crippen molar-refractivity contribution >= 4 is 29.1 Å². The minimum absolute atomic E-state index is 0.0223. The third-order valence-electron chi connectivity index (χ3n) is 4.56. The molecule has 1 aliphatic heterocycles. The average molecular weight is 416 g/mol. The molecule has 2 amide bonds. The van der Waals surface area contributed by atoms with E-state index in [4.69, 9.17) is 0 Å². The Morgan fingerprint density at radius 1 is 1.23 bits per heavy atom. The summed E-state index contributed by atoms with van der Waals surface area (Å²) >= 11 is 0. The number of hydrogen-bond acceptors (Lipinski definition) is 7. The quantitative estimate of drug-likeness (QED) is 0.374. The third kappa shape index (κ3) is 4.77. The molecule has 2 aromatic rings. The summed E-state index contributed by atoms with van der Waals surface area (Å²) < 4.78 is 2.97. The van der Waals surface area contributed by atoms with Crippen LogP contribution >= 0.6 is 0 Å². The molecule has 30 heavy (non-hydrogen) atoms. The Balaban J connectivity index is 1.59. The molecule has 3 rings (SSSR count). The molecule has 160 valence electrons. The molecule has 0 aliphatic carbocycles. The molecule has 3 heterocycles. The maximum Gasteiger partial charge on any atom is 0.287 e. The van der Waals surface area contributed by atoms with Crippen LogP contribution in [0.1, 0.15) is 27.9 Å². The van der Waals surface area contributed by atoms with Crippen LogP contribution in [0.4, 0.5) is 11.4 Å². The predicted molar refractivity (Wildman–Crippen MR) is 111 cm³/mol. The topological polar surface area (TPSA) is 148 Å². The van der Waals surface area contributed by atoms with Crippen LogP contribution in [0.15, 0.2) is 29.5 Å². The van der Waals surface area contributed by atoms with E-state index in [1.165, 1.54) is 16.8 Å². The number of carbonyl (C=O) groups is 2. The standard InChI is InChI=1S/C18H24N8O4/c1-11(22-18-19-4-5-20-18)8-21-16(27)14-6-12(9-24(14)2)23-17(28)15-7-13(26(29)30)10-25(15)3/h6-7,9-11H,4-5,8H2,1-3H3,(H,21,27)(H,23,28)(H2,19,20,22). The summed E-state index contributed by atoms with van der Waals surface area (Å²) in [6.07, 6.45) is 2.86. The lowest BCUT2D eigenvalue weighted by molar-refractivity contribution is -0.384. The van der Waals surface area contributed by atoms with Crippen molar-refractivity contribution in [2.45, 2.75) is 13.0 Å². The van der Waals surface area contributed by atoms with Gasteiger partial charge in [-0.2, -0.15) is 0 Å². The van der Waals surface area contributed by atoms with Crippen molar-refractivity contribution in [1.82, 2.24) is 25.1 Å². The fourth-order valence-corrected chi connectivity index (χ4v) is 3.04. The van der Waals surface area contributed by atoms with E-state index in [1.54, 1.807) is 30.9 Å². The Morgan fingerprint density at radius 2 is 1.93 bits per heavy atom. The second kappa shape index (κ2) is 8.68. The molecule has 1 unspecified atom stereocenters. The lowest BCUT2D eigenvalue weighted by atomic mass is 10.3. The zero-order valence-electron chi connectivity index (χ0n) is 16.9. The van der Waals surface area contributed by atoms with Crippen molar-refractivity contribution < 1.29 is 14.5 Å². The summed E-state index contributed by atoms with van der Waals surface area (Å²) in [5, 5.41) is 22.7. The number of hydrogen-bond donors (Lipinski definition) is 4. The Kier molecular flexibility index (Phi) is 6.04. The van der Waals surface area contributed by atoms with Gasteiger partial charge in [-0.3, -0.25) is 24.7 Å². The molecule has 1 atom stereocenters. The number of nitro groups is 1. The van der Waals surface area contributed by atoms with Gasteiger partial charge in [-0.15, -0.1) is 0 Å². The number of nitrogens with one attached hydrogen (secondary N) is 4. The van der Waals surface area contributed by atoms with Crippen LogP contribution in [0.25, 0.3) is 0 Å². The predicted octanol–water partition coefficient (Wildman–Crippen LogP) is 0.191. The summed E-state index contributed by atoms with van der Waals surface area (Å²) in [6, 6.07) is 2.72. The van der Waals surface area contributed by atoms with E-state index in [2.05, 4.69) is 26.3 Å². The highest BCUT2D eigenvalue weighted by Crippen LogP contribution is 2.18. The fraction of sp³-hybridized carbons (Fsp3) is 0.389. The van der Waals surface area contributed by atoms with Crippen LogP contribution < -0.4 is 21.3 Å². The molecule has 0 aromatic carbocycles. The number of amides is 2. The summed E-state index contributed by atoms with van der Waals surface area (Å²) in [4.78, 5) is 39.5. The van der Waals surface area contributed by atoms with E-state index in [0.29, 0.717) is 17.9 Å². The van der Waals surface area contributed by atoms with Crippen molar-refractivity contribution in [1.29, 1.82) is 0 Å².